The summed E-state index contributed by atoms with van der Waals surface area (Å²) in [5.74, 6) is 0.339. The molecule has 2 atom stereocenters. The van der Waals surface area contributed by atoms with Crippen molar-refractivity contribution < 1.29 is 10.2 Å². The molecule has 3 nitrogen and oxygen atoms in total. The van der Waals surface area contributed by atoms with Crippen LogP contribution in [0.1, 0.15) is 71.2 Å². The summed E-state index contributed by atoms with van der Waals surface area (Å²) in [6, 6.07) is 3.39. The van der Waals surface area contributed by atoms with Gasteiger partial charge in [0.2, 0.25) is 0 Å². The van der Waals surface area contributed by atoms with E-state index in [1.165, 1.54) is 0 Å². The van der Waals surface area contributed by atoms with Crippen LogP contribution in [-0.4, -0.2) is 16.3 Å². The zero-order valence-corrected chi connectivity index (χ0v) is 13.8. The van der Waals surface area contributed by atoms with E-state index in [1.54, 1.807) is 6.92 Å². The lowest BCUT2D eigenvalue weighted by Crippen LogP contribution is -2.25. The van der Waals surface area contributed by atoms with Crippen molar-refractivity contribution in [3.8, 4) is 5.75 Å². The van der Waals surface area contributed by atoms with Crippen molar-refractivity contribution in [3.63, 3.8) is 0 Å². The van der Waals surface area contributed by atoms with Gasteiger partial charge in [-0.05, 0) is 46.6 Å². The molecule has 0 spiro atoms. The van der Waals surface area contributed by atoms with E-state index in [1.807, 2.05) is 12.1 Å². The summed E-state index contributed by atoms with van der Waals surface area (Å²) < 4.78 is 0. The van der Waals surface area contributed by atoms with Crippen LogP contribution < -0.4 is 5.73 Å². The molecule has 0 radical (unpaired) electrons. The zero-order valence-electron chi connectivity index (χ0n) is 13.8. The summed E-state index contributed by atoms with van der Waals surface area (Å²) in [5, 5.41) is 20.3. The second-order valence-electron chi connectivity index (χ2n) is 7.73. The molecule has 0 saturated carbocycles. The predicted molar refractivity (Wildman–Crippen MR) is 84.1 cm³/mol. The van der Waals surface area contributed by atoms with Crippen molar-refractivity contribution in [2.75, 3.05) is 0 Å². The summed E-state index contributed by atoms with van der Waals surface area (Å²) in [5.41, 5.74) is 8.33. The highest BCUT2D eigenvalue weighted by Crippen LogP contribution is 2.40. The van der Waals surface area contributed by atoms with E-state index < -0.39 is 12.1 Å². The number of aromatic hydroxyl groups is 1. The highest BCUT2D eigenvalue weighted by atomic mass is 16.3. The van der Waals surface area contributed by atoms with E-state index in [2.05, 4.69) is 41.5 Å². The smallest absolute Gasteiger partial charge is 0.123 e. The second kappa shape index (κ2) is 5.38. The van der Waals surface area contributed by atoms with E-state index in [0.717, 1.165) is 16.7 Å². The average Bonchev–Trinajstić information content (AvgIpc) is 2.24. The number of hydrogen-bond acceptors (Lipinski definition) is 3. The van der Waals surface area contributed by atoms with Crippen molar-refractivity contribution in [1.29, 1.82) is 0 Å². The van der Waals surface area contributed by atoms with Crippen LogP contribution in [0.5, 0.6) is 5.75 Å². The quantitative estimate of drug-likeness (QED) is 0.777. The van der Waals surface area contributed by atoms with Crippen molar-refractivity contribution in [3.05, 3.63) is 28.8 Å². The number of phenols is 1. The first-order chi connectivity index (χ1) is 8.85. The number of hydrogen-bond donors (Lipinski definition) is 3. The van der Waals surface area contributed by atoms with Gasteiger partial charge in [-0.15, -0.1) is 0 Å². The molecule has 114 valence electrons. The van der Waals surface area contributed by atoms with Gasteiger partial charge in [-0.3, -0.25) is 0 Å². The molecule has 0 heterocycles. The Hall–Kier alpha value is -1.06. The minimum absolute atomic E-state index is 0.182. The first-order valence-electron chi connectivity index (χ1n) is 7.17. The molecule has 1 aromatic rings. The minimum atomic E-state index is -0.625. The van der Waals surface area contributed by atoms with Crippen LogP contribution >= 0.6 is 0 Å². The highest BCUT2D eigenvalue weighted by molar-refractivity contribution is 5.50. The fourth-order valence-corrected chi connectivity index (χ4v) is 2.27. The Kier molecular flexibility index (Phi) is 4.57. The van der Waals surface area contributed by atoms with Gasteiger partial charge in [-0.25, -0.2) is 0 Å². The first kappa shape index (κ1) is 17.0. The summed E-state index contributed by atoms with van der Waals surface area (Å²) in [4.78, 5) is 0. The fourth-order valence-electron chi connectivity index (χ4n) is 2.27. The Morgan fingerprint density at radius 1 is 0.950 bits per heavy atom. The van der Waals surface area contributed by atoms with E-state index in [-0.39, 0.29) is 10.8 Å². The summed E-state index contributed by atoms with van der Waals surface area (Å²) >= 11 is 0. The van der Waals surface area contributed by atoms with Gasteiger partial charge in [-0.1, -0.05) is 41.5 Å². The van der Waals surface area contributed by atoms with Crippen molar-refractivity contribution in [2.24, 2.45) is 5.73 Å². The van der Waals surface area contributed by atoms with Gasteiger partial charge < -0.3 is 15.9 Å². The predicted octanol–water partition coefficient (Wildman–Crippen LogP) is 3.37. The fraction of sp³-hybridized carbons (Fsp3) is 0.647. The molecule has 0 amide bonds. The number of aliphatic hydroxyl groups is 1. The lowest BCUT2D eigenvalue weighted by molar-refractivity contribution is 0.164. The normalized spacial score (nSPS) is 16.1. The number of nitrogens with two attached hydrogens (primary N) is 1. The first-order valence-corrected chi connectivity index (χ1v) is 7.17. The largest absolute Gasteiger partial charge is 0.507 e. The van der Waals surface area contributed by atoms with Gasteiger partial charge in [0.25, 0.3) is 0 Å². The van der Waals surface area contributed by atoms with Crippen LogP contribution in [0.15, 0.2) is 12.1 Å². The van der Waals surface area contributed by atoms with Crippen LogP contribution in [0.3, 0.4) is 0 Å². The molecule has 1 aromatic carbocycles. The van der Waals surface area contributed by atoms with Crippen molar-refractivity contribution >= 4 is 0 Å². The Balaban J connectivity index is 3.59. The third-order valence-corrected chi connectivity index (χ3v) is 3.65. The maximum atomic E-state index is 10.6. The molecule has 0 aliphatic heterocycles. The lowest BCUT2D eigenvalue weighted by Gasteiger charge is -2.29. The SMILES string of the molecule is C[C@@H](O)[C@@H](N)c1cc(C(C)(C)C)c(O)c(C(C)(C)C)c1. The Morgan fingerprint density at radius 2 is 1.30 bits per heavy atom. The number of phenolic OH excluding ortho intramolecular Hbond substituents is 1. The topological polar surface area (TPSA) is 66.5 Å². The Bertz CT molecular complexity index is 444. The van der Waals surface area contributed by atoms with E-state index in [0.29, 0.717) is 5.75 Å². The van der Waals surface area contributed by atoms with Crippen LogP contribution in [0, 0.1) is 0 Å². The molecule has 0 saturated heterocycles. The zero-order chi connectivity index (χ0) is 15.9. The number of rotatable bonds is 2. The molecule has 0 unspecified atom stereocenters. The van der Waals surface area contributed by atoms with Crippen molar-refractivity contribution in [1.82, 2.24) is 0 Å². The third-order valence-electron chi connectivity index (χ3n) is 3.65. The van der Waals surface area contributed by atoms with E-state index >= 15 is 0 Å². The lowest BCUT2D eigenvalue weighted by atomic mass is 9.77. The summed E-state index contributed by atoms with van der Waals surface area (Å²) in [6.07, 6.45) is -0.625. The van der Waals surface area contributed by atoms with Crippen LogP contribution in [0.25, 0.3) is 0 Å². The molecule has 0 aromatic heterocycles. The monoisotopic (exact) mass is 279 g/mol. The van der Waals surface area contributed by atoms with Crippen molar-refractivity contribution in [2.45, 2.75) is 71.4 Å². The Morgan fingerprint density at radius 3 is 1.55 bits per heavy atom. The molecule has 0 fully saturated rings. The van der Waals surface area contributed by atoms with E-state index in [4.69, 9.17) is 5.73 Å². The summed E-state index contributed by atoms with van der Waals surface area (Å²) in [7, 11) is 0. The minimum Gasteiger partial charge on any atom is -0.507 e. The van der Waals surface area contributed by atoms with Gasteiger partial charge in [0.05, 0.1) is 12.1 Å². The standard InChI is InChI=1S/C17H29NO2/c1-10(19)14(18)11-8-12(16(2,3)4)15(20)13(9-11)17(5,6)7/h8-10,14,19-20H,18H2,1-7H3/t10-,14-/m1/s1. The maximum absolute atomic E-state index is 10.6. The molecule has 0 aliphatic rings. The highest BCUT2D eigenvalue weighted by Gasteiger charge is 2.28. The molecular weight excluding hydrogens is 250 g/mol. The van der Waals surface area contributed by atoms with Gasteiger partial charge >= 0.3 is 0 Å². The van der Waals surface area contributed by atoms with Crippen LogP contribution in [-0.2, 0) is 10.8 Å². The van der Waals surface area contributed by atoms with Crippen LogP contribution in [0.2, 0.25) is 0 Å². The molecule has 1 rings (SSSR count). The molecular formula is C17H29NO2. The van der Waals surface area contributed by atoms with Crippen LogP contribution in [0.4, 0.5) is 0 Å². The van der Waals surface area contributed by atoms with Gasteiger partial charge in [0.1, 0.15) is 5.75 Å². The maximum Gasteiger partial charge on any atom is 0.123 e. The average molecular weight is 279 g/mol. The molecule has 0 aliphatic carbocycles. The number of aliphatic hydroxyl groups excluding tert-OH is 1. The third kappa shape index (κ3) is 3.53. The molecule has 3 heteroatoms. The van der Waals surface area contributed by atoms with E-state index in [9.17, 15) is 10.2 Å². The van der Waals surface area contributed by atoms with Gasteiger partial charge in [0.15, 0.2) is 0 Å². The van der Waals surface area contributed by atoms with Gasteiger partial charge in [-0.2, -0.15) is 0 Å². The summed E-state index contributed by atoms with van der Waals surface area (Å²) in [6.45, 7) is 14.1. The Labute approximate surface area is 122 Å². The second-order valence-corrected chi connectivity index (χ2v) is 7.73. The molecule has 0 bridgehead atoms. The van der Waals surface area contributed by atoms with Gasteiger partial charge in [0, 0.05) is 0 Å². The number of benzene rings is 1. The molecule has 4 N–H and O–H groups in total. The molecule has 20 heavy (non-hydrogen) atoms.